The summed E-state index contributed by atoms with van der Waals surface area (Å²) in [5.74, 6) is 1.35. The average molecular weight is 609 g/mol. The standard InChI is InChI=1S/C28H44N6O5S2/c1-19(2)21-10-12-22(13-11-21)24(35)31-23(18-20-8-6-5-7-9-20)25(36)38-14-16-40-41-17-15-39-28(37)33-26(29)32-27(30)34(3)4/h5-9,19,21-23H,10-18H2,1-4H3,(H,31,35)(H4,29,30,32,33,37)/t21-,22-,23-/m1/s1. The number of ether oxygens (including phenoxy) is 2. The van der Waals surface area contributed by atoms with Crippen LogP contribution in [0.25, 0.3) is 0 Å². The maximum atomic E-state index is 13.0. The summed E-state index contributed by atoms with van der Waals surface area (Å²) in [6, 6.07) is 8.86. The van der Waals surface area contributed by atoms with Crippen molar-refractivity contribution in [3.8, 4) is 0 Å². The lowest BCUT2D eigenvalue weighted by Gasteiger charge is -2.31. The van der Waals surface area contributed by atoms with Crippen LogP contribution in [-0.4, -0.2) is 79.6 Å². The van der Waals surface area contributed by atoms with Crippen molar-refractivity contribution in [2.45, 2.75) is 52.0 Å². The lowest BCUT2D eigenvalue weighted by atomic mass is 9.76. The van der Waals surface area contributed by atoms with Gasteiger partial charge >= 0.3 is 12.1 Å². The summed E-state index contributed by atoms with van der Waals surface area (Å²) in [7, 11) is 6.22. The molecule has 0 aliphatic heterocycles. The first-order valence-corrected chi connectivity index (χ1v) is 16.4. The SMILES string of the molecule is CC(C)[C@H]1CC[C@H](C(=O)N[C@H](Cc2ccccc2)C(=O)OCCSSCCOC(=O)NC(=N)NC(=N)N(C)C)CC1. The van der Waals surface area contributed by atoms with Crippen LogP contribution in [0, 0.1) is 28.6 Å². The van der Waals surface area contributed by atoms with E-state index in [2.05, 4.69) is 29.8 Å². The Hall–Kier alpha value is -2.93. The van der Waals surface area contributed by atoms with Gasteiger partial charge in [0.05, 0.1) is 0 Å². The van der Waals surface area contributed by atoms with Crippen LogP contribution in [0.1, 0.15) is 45.1 Å². The molecule has 2 rings (SSSR count). The van der Waals surface area contributed by atoms with E-state index in [-0.39, 0.29) is 37.0 Å². The van der Waals surface area contributed by atoms with E-state index < -0.39 is 18.1 Å². The molecule has 228 valence electrons. The zero-order valence-corrected chi connectivity index (χ0v) is 26.0. The molecule has 0 radical (unpaired) electrons. The molecule has 11 nitrogen and oxygen atoms in total. The summed E-state index contributed by atoms with van der Waals surface area (Å²) < 4.78 is 10.5. The monoisotopic (exact) mass is 608 g/mol. The van der Waals surface area contributed by atoms with Crippen LogP contribution in [0.4, 0.5) is 4.79 Å². The molecule has 1 aromatic rings. The molecule has 0 heterocycles. The van der Waals surface area contributed by atoms with E-state index >= 15 is 0 Å². The molecule has 0 aromatic heterocycles. The van der Waals surface area contributed by atoms with Crippen molar-refractivity contribution in [2.75, 3.05) is 38.8 Å². The van der Waals surface area contributed by atoms with Gasteiger partial charge in [-0.05, 0) is 43.1 Å². The van der Waals surface area contributed by atoms with Crippen LogP contribution in [0.2, 0.25) is 0 Å². The van der Waals surface area contributed by atoms with Gasteiger partial charge in [0.15, 0.2) is 5.96 Å². The molecule has 0 bridgehead atoms. The van der Waals surface area contributed by atoms with E-state index in [0.717, 1.165) is 31.2 Å². The number of amides is 2. The summed E-state index contributed by atoms with van der Waals surface area (Å²) in [5, 5.41) is 22.8. The third-order valence-electron chi connectivity index (χ3n) is 6.78. The Bertz CT molecular complexity index is 1000. The molecule has 13 heteroatoms. The predicted octanol–water partition coefficient (Wildman–Crippen LogP) is 3.85. The third kappa shape index (κ3) is 13.5. The van der Waals surface area contributed by atoms with Gasteiger partial charge in [-0.15, -0.1) is 0 Å². The van der Waals surface area contributed by atoms with E-state index in [1.165, 1.54) is 26.5 Å². The van der Waals surface area contributed by atoms with Gasteiger partial charge in [0.25, 0.3) is 0 Å². The molecule has 1 atom stereocenters. The number of rotatable bonds is 13. The minimum Gasteiger partial charge on any atom is -0.463 e. The number of carbonyl (C=O) groups is 3. The third-order valence-corrected chi connectivity index (χ3v) is 9.11. The minimum absolute atomic E-state index is 0.0410. The number of alkyl carbamates (subject to hydrolysis) is 1. The second kappa shape index (κ2) is 18.5. The number of nitrogens with one attached hydrogen (secondary N) is 5. The normalized spacial score (nSPS) is 17.2. The number of guanidine groups is 2. The van der Waals surface area contributed by atoms with Crippen molar-refractivity contribution in [1.82, 2.24) is 20.9 Å². The first-order valence-electron chi connectivity index (χ1n) is 13.9. The molecular formula is C28H44N6O5S2. The smallest absolute Gasteiger partial charge is 0.413 e. The van der Waals surface area contributed by atoms with E-state index in [1.54, 1.807) is 14.1 Å². The van der Waals surface area contributed by atoms with Crippen molar-refractivity contribution in [3.63, 3.8) is 0 Å². The van der Waals surface area contributed by atoms with Gasteiger partial charge in [-0.3, -0.25) is 26.2 Å². The van der Waals surface area contributed by atoms with Crippen LogP contribution >= 0.6 is 21.6 Å². The molecule has 2 amide bonds. The highest BCUT2D eigenvalue weighted by atomic mass is 33.1. The van der Waals surface area contributed by atoms with Crippen LogP contribution in [0.5, 0.6) is 0 Å². The van der Waals surface area contributed by atoms with Crippen molar-refractivity contribution in [3.05, 3.63) is 35.9 Å². The number of carbonyl (C=O) groups excluding carboxylic acids is 3. The quantitative estimate of drug-likeness (QED) is 0.0738. The summed E-state index contributed by atoms with van der Waals surface area (Å²) >= 11 is 0. The Morgan fingerprint density at radius 3 is 2.15 bits per heavy atom. The van der Waals surface area contributed by atoms with Gasteiger partial charge in [0.1, 0.15) is 19.3 Å². The number of hydrogen-bond donors (Lipinski definition) is 5. The van der Waals surface area contributed by atoms with E-state index in [0.29, 0.717) is 29.8 Å². The highest BCUT2D eigenvalue weighted by Crippen LogP contribution is 2.33. The number of nitrogens with zero attached hydrogens (tertiary/aromatic N) is 1. The lowest BCUT2D eigenvalue weighted by molar-refractivity contribution is -0.147. The van der Waals surface area contributed by atoms with Gasteiger partial charge in [0.2, 0.25) is 11.9 Å². The molecule has 0 unspecified atom stereocenters. The fourth-order valence-corrected chi connectivity index (χ4v) is 6.00. The van der Waals surface area contributed by atoms with E-state index in [4.69, 9.17) is 20.3 Å². The van der Waals surface area contributed by atoms with Gasteiger partial charge in [-0.25, -0.2) is 9.59 Å². The second-order valence-electron chi connectivity index (χ2n) is 10.4. The van der Waals surface area contributed by atoms with Crippen molar-refractivity contribution in [1.29, 1.82) is 10.8 Å². The summed E-state index contributed by atoms with van der Waals surface area (Å²) in [4.78, 5) is 39.2. The maximum absolute atomic E-state index is 13.0. The van der Waals surface area contributed by atoms with Gasteiger partial charge in [-0.2, -0.15) is 0 Å². The van der Waals surface area contributed by atoms with Gasteiger partial charge in [0, 0.05) is 37.9 Å². The molecule has 1 saturated carbocycles. The molecular weight excluding hydrogens is 564 g/mol. The fraction of sp³-hybridized carbons (Fsp3) is 0.607. The number of benzene rings is 1. The second-order valence-corrected chi connectivity index (χ2v) is 13.1. The van der Waals surface area contributed by atoms with E-state index in [1.807, 2.05) is 30.3 Å². The largest absolute Gasteiger partial charge is 0.463 e. The highest BCUT2D eigenvalue weighted by Gasteiger charge is 2.31. The van der Waals surface area contributed by atoms with Crippen molar-refractivity contribution in [2.24, 2.45) is 17.8 Å². The molecule has 0 spiro atoms. The van der Waals surface area contributed by atoms with Gasteiger partial charge in [-0.1, -0.05) is 65.8 Å². The summed E-state index contributed by atoms with van der Waals surface area (Å²) in [5.41, 5.74) is 0.953. The summed E-state index contributed by atoms with van der Waals surface area (Å²) in [6.07, 6.45) is 3.36. The Labute approximate surface area is 251 Å². The highest BCUT2D eigenvalue weighted by molar-refractivity contribution is 8.76. The first-order chi connectivity index (χ1) is 19.6. The molecule has 1 fully saturated rings. The van der Waals surface area contributed by atoms with Crippen molar-refractivity contribution < 1.29 is 23.9 Å². The molecule has 1 aliphatic rings. The minimum atomic E-state index is -0.784. The number of hydrogen-bond acceptors (Lipinski definition) is 9. The van der Waals surface area contributed by atoms with Crippen LogP contribution in [0.15, 0.2) is 30.3 Å². The Balaban J connectivity index is 1.69. The Morgan fingerprint density at radius 2 is 1.56 bits per heavy atom. The summed E-state index contributed by atoms with van der Waals surface area (Å²) in [6.45, 7) is 4.79. The zero-order chi connectivity index (χ0) is 30.2. The van der Waals surface area contributed by atoms with Crippen LogP contribution in [-0.2, 0) is 25.5 Å². The zero-order valence-electron chi connectivity index (χ0n) is 24.4. The predicted molar refractivity (Wildman–Crippen MR) is 165 cm³/mol. The Kier molecular flexibility index (Phi) is 15.5. The lowest BCUT2D eigenvalue weighted by Crippen LogP contribution is -2.47. The molecule has 5 N–H and O–H groups in total. The topological polar surface area (TPSA) is 157 Å². The average Bonchev–Trinajstić information content (AvgIpc) is 2.94. The number of esters is 1. The molecule has 0 saturated heterocycles. The molecule has 41 heavy (non-hydrogen) atoms. The van der Waals surface area contributed by atoms with Crippen LogP contribution in [0.3, 0.4) is 0 Å². The molecule has 1 aromatic carbocycles. The van der Waals surface area contributed by atoms with Crippen LogP contribution < -0.4 is 16.0 Å². The maximum Gasteiger partial charge on any atom is 0.413 e. The fourth-order valence-electron chi connectivity index (χ4n) is 4.34. The van der Waals surface area contributed by atoms with Gasteiger partial charge < -0.3 is 19.7 Å². The van der Waals surface area contributed by atoms with E-state index in [9.17, 15) is 14.4 Å². The Morgan fingerprint density at radius 1 is 0.951 bits per heavy atom. The first kappa shape index (κ1) is 34.3. The molecule has 1 aliphatic carbocycles. The van der Waals surface area contributed by atoms with Crippen molar-refractivity contribution >= 4 is 51.5 Å².